The highest BCUT2D eigenvalue weighted by atomic mass is 32.2. The van der Waals surface area contributed by atoms with Gasteiger partial charge in [0, 0.05) is 11.6 Å². The van der Waals surface area contributed by atoms with E-state index >= 15 is 0 Å². The third-order valence-corrected chi connectivity index (χ3v) is 4.27. The van der Waals surface area contributed by atoms with Crippen molar-refractivity contribution in [1.82, 2.24) is 10.3 Å². The van der Waals surface area contributed by atoms with Crippen LogP contribution in [0.5, 0.6) is 5.75 Å². The summed E-state index contributed by atoms with van der Waals surface area (Å²) in [6.07, 6.45) is 0. The quantitative estimate of drug-likeness (QED) is 0.595. The number of rotatable bonds is 6. The summed E-state index contributed by atoms with van der Waals surface area (Å²) in [5.74, 6) is -0.870. The molecule has 1 amide bonds. The van der Waals surface area contributed by atoms with Crippen molar-refractivity contribution >= 4 is 21.6 Å². The van der Waals surface area contributed by atoms with E-state index in [1.165, 1.54) is 19.2 Å². The normalized spacial score (nSPS) is 10.9. The first-order chi connectivity index (χ1) is 11.3. The average molecular weight is 351 g/mol. The Morgan fingerprint density at radius 2 is 1.83 bits per heavy atom. The number of nitrogens with zero attached hydrogens (tertiary/aromatic N) is 1. The lowest BCUT2D eigenvalue weighted by Crippen LogP contribution is -2.41. The highest BCUT2D eigenvalue weighted by Gasteiger charge is 2.23. The molecule has 2 N–H and O–H groups in total. The van der Waals surface area contributed by atoms with Gasteiger partial charge in [-0.05, 0) is 18.2 Å². The van der Waals surface area contributed by atoms with Gasteiger partial charge in [-0.25, -0.2) is 8.42 Å². The Labute approximate surface area is 137 Å². The number of benzene rings is 2. The molecular weight excluding hydrogens is 338 g/mol. The van der Waals surface area contributed by atoms with Crippen LogP contribution in [0.25, 0.3) is 0 Å². The van der Waals surface area contributed by atoms with Crippen LogP contribution in [-0.2, 0) is 10.0 Å². The second-order valence-electron chi connectivity index (χ2n) is 4.52. The Hall–Kier alpha value is -2.98. The molecule has 0 saturated carbocycles. The Morgan fingerprint density at radius 3 is 2.42 bits per heavy atom. The van der Waals surface area contributed by atoms with E-state index in [1.54, 1.807) is 18.2 Å². The zero-order valence-corrected chi connectivity index (χ0v) is 13.2. The number of hydrogen-bond acceptors (Lipinski definition) is 6. The van der Waals surface area contributed by atoms with Gasteiger partial charge in [0.15, 0.2) is 0 Å². The molecule has 0 aromatic heterocycles. The molecule has 0 spiro atoms. The Bertz CT molecular complexity index is 867. The van der Waals surface area contributed by atoms with Crippen molar-refractivity contribution < 1.29 is 22.9 Å². The van der Waals surface area contributed by atoms with E-state index in [2.05, 4.69) is 5.43 Å². The number of hydrogen-bond donors (Lipinski definition) is 2. The molecule has 24 heavy (non-hydrogen) atoms. The van der Waals surface area contributed by atoms with Gasteiger partial charge in [-0.1, -0.05) is 18.2 Å². The van der Waals surface area contributed by atoms with Crippen molar-refractivity contribution in [3.8, 4) is 5.75 Å². The lowest BCUT2D eigenvalue weighted by Gasteiger charge is -2.11. The van der Waals surface area contributed by atoms with Gasteiger partial charge in [0.05, 0.1) is 18.1 Å². The topological polar surface area (TPSA) is 128 Å². The van der Waals surface area contributed by atoms with Crippen molar-refractivity contribution in [2.45, 2.75) is 4.90 Å². The minimum atomic E-state index is -4.18. The van der Waals surface area contributed by atoms with E-state index in [0.717, 1.165) is 18.2 Å². The van der Waals surface area contributed by atoms with Gasteiger partial charge >= 0.3 is 0 Å². The minimum Gasteiger partial charge on any atom is -0.495 e. The van der Waals surface area contributed by atoms with Crippen LogP contribution in [0, 0.1) is 10.1 Å². The summed E-state index contributed by atoms with van der Waals surface area (Å²) in [6, 6.07) is 11.0. The molecule has 2 aromatic carbocycles. The summed E-state index contributed by atoms with van der Waals surface area (Å²) >= 11 is 0. The molecule has 0 saturated heterocycles. The van der Waals surface area contributed by atoms with E-state index in [-0.39, 0.29) is 21.9 Å². The lowest BCUT2D eigenvalue weighted by atomic mass is 10.2. The third kappa shape index (κ3) is 3.86. The number of nitro groups is 1. The number of methoxy groups -OCH3 is 1. The molecule has 0 atom stereocenters. The predicted octanol–water partition coefficient (Wildman–Crippen LogP) is 1.23. The van der Waals surface area contributed by atoms with Crippen LogP contribution in [0.4, 0.5) is 5.69 Å². The van der Waals surface area contributed by atoms with E-state index in [9.17, 15) is 23.3 Å². The summed E-state index contributed by atoms with van der Waals surface area (Å²) < 4.78 is 29.4. The monoisotopic (exact) mass is 351 g/mol. The molecule has 0 bridgehead atoms. The van der Waals surface area contributed by atoms with E-state index < -0.39 is 20.9 Å². The van der Waals surface area contributed by atoms with Crippen LogP contribution in [0.15, 0.2) is 53.4 Å². The number of sulfonamides is 1. The standard InChI is InChI=1S/C14H13N3O6S/c1-23-12-9-11(17(19)20)7-8-13(12)24(21,22)16-15-14(18)10-5-3-2-4-6-10/h2-9,16H,1H3,(H,15,18). The van der Waals surface area contributed by atoms with Crippen LogP contribution in [0.3, 0.4) is 0 Å². The summed E-state index contributed by atoms with van der Waals surface area (Å²) in [5.41, 5.74) is 2.00. The first-order valence-corrected chi connectivity index (χ1v) is 8.03. The first kappa shape index (κ1) is 17.4. The van der Waals surface area contributed by atoms with E-state index in [4.69, 9.17) is 4.74 Å². The molecule has 0 aliphatic carbocycles. The van der Waals surface area contributed by atoms with Crippen molar-refractivity contribution in [3.05, 3.63) is 64.2 Å². The van der Waals surface area contributed by atoms with Gasteiger partial charge < -0.3 is 4.74 Å². The smallest absolute Gasteiger partial charge is 0.273 e. The maximum Gasteiger partial charge on any atom is 0.273 e. The van der Waals surface area contributed by atoms with Crippen LogP contribution in [0.1, 0.15) is 10.4 Å². The first-order valence-electron chi connectivity index (χ1n) is 6.55. The maximum atomic E-state index is 12.3. The number of nitro benzene ring substituents is 1. The van der Waals surface area contributed by atoms with Gasteiger partial charge in [-0.2, -0.15) is 0 Å². The number of amides is 1. The van der Waals surface area contributed by atoms with Gasteiger partial charge in [0.2, 0.25) is 0 Å². The SMILES string of the molecule is COc1cc([N+](=O)[O-])ccc1S(=O)(=O)NNC(=O)c1ccccc1. The largest absolute Gasteiger partial charge is 0.495 e. The zero-order valence-electron chi connectivity index (χ0n) is 12.4. The lowest BCUT2D eigenvalue weighted by molar-refractivity contribution is -0.385. The summed E-state index contributed by atoms with van der Waals surface area (Å²) in [5, 5.41) is 10.7. The van der Waals surface area contributed by atoms with Gasteiger partial charge in [-0.3, -0.25) is 20.3 Å². The molecule has 126 valence electrons. The number of carbonyl (C=O) groups excluding carboxylic acids is 1. The molecule has 0 unspecified atom stereocenters. The molecule has 2 rings (SSSR count). The summed E-state index contributed by atoms with van der Waals surface area (Å²) in [4.78, 5) is 23.5. The van der Waals surface area contributed by atoms with Crippen LogP contribution < -0.4 is 15.0 Å². The van der Waals surface area contributed by atoms with Crippen molar-refractivity contribution in [1.29, 1.82) is 0 Å². The third-order valence-electron chi connectivity index (χ3n) is 2.98. The highest BCUT2D eigenvalue weighted by molar-refractivity contribution is 7.89. The molecule has 9 nitrogen and oxygen atoms in total. The summed E-state index contributed by atoms with van der Waals surface area (Å²) in [7, 11) is -3.00. The number of nitrogens with one attached hydrogen (secondary N) is 2. The fourth-order valence-corrected chi connectivity index (χ4v) is 2.81. The van der Waals surface area contributed by atoms with Gasteiger partial charge in [0.1, 0.15) is 10.6 Å². The Balaban J connectivity index is 2.21. The molecular formula is C14H13N3O6S. The highest BCUT2D eigenvalue weighted by Crippen LogP contribution is 2.27. The van der Waals surface area contributed by atoms with E-state index in [0.29, 0.717) is 0 Å². The fourth-order valence-electron chi connectivity index (χ4n) is 1.82. The van der Waals surface area contributed by atoms with Crippen LogP contribution in [0.2, 0.25) is 0 Å². The second kappa shape index (κ2) is 7.06. The molecule has 0 fully saturated rings. The number of hydrazine groups is 1. The Morgan fingerprint density at radius 1 is 1.17 bits per heavy atom. The van der Waals surface area contributed by atoms with Gasteiger partial charge in [0.25, 0.3) is 21.6 Å². The van der Waals surface area contributed by atoms with Crippen LogP contribution in [-0.4, -0.2) is 26.4 Å². The molecule has 0 radical (unpaired) electrons. The molecule has 2 aromatic rings. The molecule has 0 aliphatic rings. The van der Waals surface area contributed by atoms with E-state index in [1.807, 2.05) is 4.83 Å². The predicted molar refractivity (Wildman–Crippen MR) is 83.9 cm³/mol. The zero-order chi connectivity index (χ0) is 17.7. The van der Waals surface area contributed by atoms with Gasteiger partial charge in [-0.15, -0.1) is 4.83 Å². The number of carbonyl (C=O) groups is 1. The Kier molecular flexibility index (Phi) is 5.11. The fraction of sp³-hybridized carbons (Fsp3) is 0.0714. The van der Waals surface area contributed by atoms with Crippen molar-refractivity contribution in [2.24, 2.45) is 0 Å². The van der Waals surface area contributed by atoms with Crippen molar-refractivity contribution in [3.63, 3.8) is 0 Å². The second-order valence-corrected chi connectivity index (χ2v) is 6.17. The number of non-ortho nitro benzene ring substituents is 1. The summed E-state index contributed by atoms with van der Waals surface area (Å²) in [6.45, 7) is 0. The maximum absolute atomic E-state index is 12.3. The van der Waals surface area contributed by atoms with Crippen molar-refractivity contribution in [2.75, 3.05) is 7.11 Å². The number of ether oxygens (including phenoxy) is 1. The van der Waals surface area contributed by atoms with Crippen LogP contribution >= 0.6 is 0 Å². The molecule has 0 heterocycles. The molecule has 10 heteroatoms. The minimum absolute atomic E-state index is 0.217. The average Bonchev–Trinajstić information content (AvgIpc) is 2.59. The molecule has 0 aliphatic heterocycles.